The van der Waals surface area contributed by atoms with Crippen LogP contribution in [0.2, 0.25) is 0 Å². The second-order valence-electron chi connectivity index (χ2n) is 4.89. The van der Waals surface area contributed by atoms with Gasteiger partial charge in [-0.25, -0.2) is 0 Å². The monoisotopic (exact) mass is 212 g/mol. The van der Waals surface area contributed by atoms with Crippen molar-refractivity contribution in [2.75, 3.05) is 19.7 Å². The number of carbonyl (C=O) groups excluding carboxylic acids is 1. The van der Waals surface area contributed by atoms with Crippen molar-refractivity contribution in [3.8, 4) is 0 Å². The van der Waals surface area contributed by atoms with Crippen molar-refractivity contribution in [2.24, 2.45) is 17.6 Å². The second kappa shape index (κ2) is 4.10. The van der Waals surface area contributed by atoms with Crippen LogP contribution >= 0.6 is 0 Å². The van der Waals surface area contributed by atoms with E-state index >= 15 is 0 Å². The van der Waals surface area contributed by atoms with Gasteiger partial charge in [0.05, 0.1) is 12.7 Å². The lowest BCUT2D eigenvalue weighted by Gasteiger charge is -2.38. The van der Waals surface area contributed by atoms with Crippen LogP contribution in [0.5, 0.6) is 0 Å². The molecule has 15 heavy (non-hydrogen) atoms. The highest BCUT2D eigenvalue weighted by Crippen LogP contribution is 2.38. The third-order valence-corrected chi connectivity index (χ3v) is 3.63. The van der Waals surface area contributed by atoms with Crippen molar-refractivity contribution in [1.82, 2.24) is 4.90 Å². The maximum absolute atomic E-state index is 11.4. The van der Waals surface area contributed by atoms with E-state index in [1.807, 2.05) is 6.92 Å². The molecule has 2 N–H and O–H groups in total. The fourth-order valence-corrected chi connectivity index (χ4v) is 2.45. The molecule has 1 aliphatic heterocycles. The Morgan fingerprint density at radius 1 is 1.53 bits per heavy atom. The number of hydrogen-bond acceptors (Lipinski definition) is 3. The molecule has 1 amide bonds. The number of nitrogens with two attached hydrogens (primary N) is 1. The highest BCUT2D eigenvalue weighted by Gasteiger charge is 2.40. The minimum Gasteiger partial charge on any atom is -0.375 e. The number of carbonyl (C=O) groups is 1. The van der Waals surface area contributed by atoms with E-state index in [1.165, 1.54) is 6.42 Å². The van der Waals surface area contributed by atoms with Gasteiger partial charge in [-0.1, -0.05) is 6.92 Å². The molecule has 4 nitrogen and oxygen atoms in total. The predicted octanol–water partition coefficient (Wildman–Crippen LogP) is 0.217. The topological polar surface area (TPSA) is 55.6 Å². The summed E-state index contributed by atoms with van der Waals surface area (Å²) in [5.74, 6) is 1.32. The molecule has 86 valence electrons. The van der Waals surface area contributed by atoms with E-state index < -0.39 is 0 Å². The first-order valence-corrected chi connectivity index (χ1v) is 5.74. The van der Waals surface area contributed by atoms with Gasteiger partial charge in [-0.2, -0.15) is 0 Å². The van der Waals surface area contributed by atoms with Crippen LogP contribution < -0.4 is 5.73 Å². The lowest BCUT2D eigenvalue weighted by Crippen LogP contribution is -2.57. The minimum absolute atomic E-state index is 0.0645. The summed E-state index contributed by atoms with van der Waals surface area (Å²) in [5.41, 5.74) is 5.42. The molecule has 2 unspecified atom stereocenters. The van der Waals surface area contributed by atoms with Crippen LogP contribution in [0, 0.1) is 11.8 Å². The summed E-state index contributed by atoms with van der Waals surface area (Å²) in [6, 6.07) is -0.230. The van der Waals surface area contributed by atoms with Crippen molar-refractivity contribution >= 4 is 5.91 Å². The normalized spacial score (nSPS) is 41.5. The van der Waals surface area contributed by atoms with E-state index in [0.717, 1.165) is 24.9 Å². The Balaban J connectivity index is 1.96. The Kier molecular flexibility index (Phi) is 2.98. The summed E-state index contributed by atoms with van der Waals surface area (Å²) in [6.07, 6.45) is 1.22. The molecule has 4 heteroatoms. The van der Waals surface area contributed by atoms with Crippen LogP contribution in [0.4, 0.5) is 0 Å². The molecule has 0 bridgehead atoms. The Labute approximate surface area is 90.8 Å². The van der Waals surface area contributed by atoms with Crippen molar-refractivity contribution < 1.29 is 9.53 Å². The average Bonchev–Trinajstić information content (AvgIpc) is 2.81. The molecule has 2 fully saturated rings. The molecule has 1 saturated carbocycles. The molecule has 1 aliphatic carbocycles. The summed E-state index contributed by atoms with van der Waals surface area (Å²) in [5, 5.41) is 0. The van der Waals surface area contributed by atoms with Crippen LogP contribution in [0.3, 0.4) is 0 Å². The highest BCUT2D eigenvalue weighted by atomic mass is 16.5. The second-order valence-corrected chi connectivity index (χ2v) is 4.89. The van der Waals surface area contributed by atoms with Crippen molar-refractivity contribution in [3.63, 3.8) is 0 Å². The third kappa shape index (κ3) is 2.32. The van der Waals surface area contributed by atoms with Gasteiger partial charge in [0.2, 0.25) is 5.91 Å². The smallest absolute Gasteiger partial charge is 0.237 e. The number of nitrogens with zero attached hydrogens (tertiary/aromatic N) is 1. The molecular weight excluding hydrogens is 192 g/mol. The van der Waals surface area contributed by atoms with Gasteiger partial charge in [-0.3, -0.25) is 9.69 Å². The molecule has 2 aliphatic rings. The van der Waals surface area contributed by atoms with Crippen molar-refractivity contribution in [2.45, 2.75) is 32.4 Å². The van der Waals surface area contributed by atoms with Gasteiger partial charge in [-0.05, 0) is 25.2 Å². The Morgan fingerprint density at radius 2 is 2.20 bits per heavy atom. The third-order valence-electron chi connectivity index (χ3n) is 3.63. The van der Waals surface area contributed by atoms with Crippen LogP contribution in [0.25, 0.3) is 0 Å². The predicted molar refractivity (Wildman–Crippen MR) is 57.2 cm³/mol. The average molecular weight is 212 g/mol. The van der Waals surface area contributed by atoms with E-state index in [2.05, 4.69) is 11.8 Å². The quantitative estimate of drug-likeness (QED) is 0.728. The van der Waals surface area contributed by atoms with E-state index in [-0.39, 0.29) is 18.1 Å². The van der Waals surface area contributed by atoms with Gasteiger partial charge in [0.15, 0.2) is 0 Å². The van der Waals surface area contributed by atoms with Crippen LogP contribution in [-0.4, -0.2) is 42.6 Å². The van der Waals surface area contributed by atoms with E-state index in [1.54, 1.807) is 0 Å². The lowest BCUT2D eigenvalue weighted by atomic mass is 10.1. The van der Waals surface area contributed by atoms with E-state index in [4.69, 9.17) is 10.5 Å². The first-order valence-electron chi connectivity index (χ1n) is 5.74. The highest BCUT2D eigenvalue weighted by molar-refractivity contribution is 5.80. The lowest BCUT2D eigenvalue weighted by molar-refractivity contribution is -0.136. The van der Waals surface area contributed by atoms with Gasteiger partial charge in [0, 0.05) is 13.1 Å². The molecule has 0 aromatic rings. The van der Waals surface area contributed by atoms with Gasteiger partial charge in [-0.15, -0.1) is 0 Å². The summed E-state index contributed by atoms with van der Waals surface area (Å²) >= 11 is 0. The molecule has 0 aromatic carbocycles. The number of rotatable bonds is 3. The molecule has 1 saturated heterocycles. The summed E-state index contributed by atoms with van der Waals surface area (Å²) < 4.78 is 5.47. The van der Waals surface area contributed by atoms with Crippen molar-refractivity contribution in [1.29, 1.82) is 0 Å². The maximum atomic E-state index is 11.4. The van der Waals surface area contributed by atoms with Gasteiger partial charge < -0.3 is 10.5 Å². The first kappa shape index (κ1) is 10.9. The summed E-state index contributed by atoms with van der Waals surface area (Å²) in [4.78, 5) is 13.6. The minimum atomic E-state index is -0.254. The maximum Gasteiger partial charge on any atom is 0.237 e. The van der Waals surface area contributed by atoms with Gasteiger partial charge >= 0.3 is 0 Å². The Hall–Kier alpha value is -0.610. The molecule has 0 spiro atoms. The molecule has 2 rings (SSSR count). The number of morpholine rings is 1. The zero-order chi connectivity index (χ0) is 11.0. The molecular formula is C11H20N2O2. The SMILES string of the molecule is CC1CC1CN1CCO[C@H](C)[C@H]1C(N)=O. The molecule has 1 heterocycles. The largest absolute Gasteiger partial charge is 0.375 e. The van der Waals surface area contributed by atoms with Gasteiger partial charge in [0.1, 0.15) is 6.04 Å². The zero-order valence-electron chi connectivity index (χ0n) is 9.48. The first-order chi connectivity index (χ1) is 7.09. The summed E-state index contributed by atoms with van der Waals surface area (Å²) in [6.45, 7) is 6.74. The number of hydrogen-bond donors (Lipinski definition) is 1. The Morgan fingerprint density at radius 3 is 2.73 bits per heavy atom. The van der Waals surface area contributed by atoms with Crippen LogP contribution in [0.15, 0.2) is 0 Å². The fraction of sp³-hybridized carbons (Fsp3) is 0.909. The van der Waals surface area contributed by atoms with Crippen LogP contribution in [-0.2, 0) is 9.53 Å². The number of ether oxygens (including phenoxy) is 1. The number of primary amides is 1. The molecule has 4 atom stereocenters. The molecule has 0 radical (unpaired) electrons. The van der Waals surface area contributed by atoms with E-state index in [0.29, 0.717) is 6.61 Å². The van der Waals surface area contributed by atoms with Gasteiger partial charge in [0.25, 0.3) is 0 Å². The van der Waals surface area contributed by atoms with E-state index in [9.17, 15) is 4.79 Å². The summed E-state index contributed by atoms with van der Waals surface area (Å²) in [7, 11) is 0. The zero-order valence-corrected chi connectivity index (χ0v) is 9.48. The van der Waals surface area contributed by atoms with Crippen LogP contribution in [0.1, 0.15) is 20.3 Å². The number of amides is 1. The Bertz CT molecular complexity index is 257. The molecule has 0 aromatic heterocycles. The van der Waals surface area contributed by atoms with Crippen molar-refractivity contribution in [3.05, 3.63) is 0 Å². The fourth-order valence-electron chi connectivity index (χ4n) is 2.45. The standard InChI is InChI=1S/C11H20N2O2/c1-7-5-9(7)6-13-3-4-15-8(2)10(13)11(12)14/h7-10H,3-6H2,1-2H3,(H2,12,14)/t7?,8-,9?,10+/m1/s1.